The van der Waals surface area contributed by atoms with Crippen LogP contribution in [0.1, 0.15) is 94.2 Å². The number of hydrogen-bond donors (Lipinski definition) is 1. The molecule has 2 aromatic rings. The van der Waals surface area contributed by atoms with Gasteiger partial charge in [-0.2, -0.15) is 0 Å². The first-order valence-electron chi connectivity index (χ1n) is 12.9. The Hall–Kier alpha value is -2.26. The fourth-order valence-corrected chi connectivity index (χ4v) is 4.00. The standard InChI is InChI=1S/C30H44O3/c1-4-5-6-7-8-9-10-11-12-13-14-28(31)24-33-29-19-17-26(18-20-29)15-16-27-21-25(2)22-30(23-27)32-3/h15-23,28,31H,4-14,24H2,1-3H3/b16-15+. The Labute approximate surface area is 201 Å². The van der Waals surface area contributed by atoms with Crippen molar-refractivity contribution in [1.82, 2.24) is 0 Å². The zero-order valence-electron chi connectivity index (χ0n) is 21.0. The van der Waals surface area contributed by atoms with Gasteiger partial charge >= 0.3 is 0 Å². The van der Waals surface area contributed by atoms with Crippen LogP contribution < -0.4 is 9.47 Å². The van der Waals surface area contributed by atoms with Gasteiger partial charge in [-0.3, -0.25) is 0 Å². The Morgan fingerprint density at radius 3 is 2.00 bits per heavy atom. The van der Waals surface area contributed by atoms with Crippen molar-refractivity contribution in [1.29, 1.82) is 0 Å². The van der Waals surface area contributed by atoms with Crippen molar-refractivity contribution in [2.24, 2.45) is 0 Å². The molecule has 0 amide bonds. The molecule has 2 rings (SSSR count). The molecule has 0 spiro atoms. The van der Waals surface area contributed by atoms with E-state index in [1.54, 1.807) is 7.11 Å². The zero-order valence-corrected chi connectivity index (χ0v) is 21.0. The molecule has 0 bridgehead atoms. The Balaban J connectivity index is 1.60. The molecule has 0 aliphatic carbocycles. The Morgan fingerprint density at radius 1 is 0.758 bits per heavy atom. The van der Waals surface area contributed by atoms with E-state index >= 15 is 0 Å². The Kier molecular flexibility index (Phi) is 13.4. The van der Waals surface area contributed by atoms with Gasteiger partial charge in [-0.1, -0.05) is 101 Å². The van der Waals surface area contributed by atoms with Crippen molar-refractivity contribution < 1.29 is 14.6 Å². The minimum atomic E-state index is -0.394. The van der Waals surface area contributed by atoms with Crippen molar-refractivity contribution in [3.63, 3.8) is 0 Å². The second kappa shape index (κ2) is 16.4. The Morgan fingerprint density at radius 2 is 1.36 bits per heavy atom. The summed E-state index contributed by atoms with van der Waals surface area (Å²) in [5.41, 5.74) is 3.39. The predicted octanol–water partition coefficient (Wildman–Crippen LogP) is 8.22. The molecule has 0 saturated carbocycles. The van der Waals surface area contributed by atoms with E-state index in [9.17, 15) is 5.11 Å². The topological polar surface area (TPSA) is 38.7 Å². The van der Waals surface area contributed by atoms with E-state index in [2.05, 4.69) is 32.1 Å². The van der Waals surface area contributed by atoms with Crippen LogP contribution in [-0.4, -0.2) is 24.9 Å². The highest BCUT2D eigenvalue weighted by Gasteiger charge is 2.05. The molecule has 1 unspecified atom stereocenters. The first kappa shape index (κ1) is 27.0. The third-order valence-electron chi connectivity index (χ3n) is 5.99. The molecule has 0 aromatic heterocycles. The molecule has 0 radical (unpaired) electrons. The van der Waals surface area contributed by atoms with Gasteiger partial charge in [0.15, 0.2) is 0 Å². The van der Waals surface area contributed by atoms with Crippen molar-refractivity contribution in [2.45, 2.75) is 90.6 Å². The van der Waals surface area contributed by atoms with Gasteiger partial charge in [0.25, 0.3) is 0 Å². The van der Waals surface area contributed by atoms with Gasteiger partial charge in [-0.05, 0) is 54.3 Å². The van der Waals surface area contributed by atoms with Crippen molar-refractivity contribution in [2.75, 3.05) is 13.7 Å². The quantitative estimate of drug-likeness (QED) is 0.194. The lowest BCUT2D eigenvalue weighted by atomic mass is 10.0. The monoisotopic (exact) mass is 452 g/mol. The van der Waals surface area contributed by atoms with Crippen LogP contribution in [0.15, 0.2) is 42.5 Å². The lowest BCUT2D eigenvalue weighted by Crippen LogP contribution is -2.17. The second-order valence-corrected chi connectivity index (χ2v) is 9.12. The van der Waals surface area contributed by atoms with Crippen molar-refractivity contribution in [3.8, 4) is 11.5 Å². The molecule has 2 aromatic carbocycles. The first-order chi connectivity index (χ1) is 16.1. The Bertz CT molecular complexity index is 795. The van der Waals surface area contributed by atoms with Gasteiger partial charge in [0.2, 0.25) is 0 Å². The minimum absolute atomic E-state index is 0.357. The number of aryl methyl sites for hydroxylation is 1. The van der Waals surface area contributed by atoms with Crippen LogP contribution in [-0.2, 0) is 0 Å². The maximum absolute atomic E-state index is 10.2. The van der Waals surface area contributed by atoms with Gasteiger partial charge in [0.05, 0.1) is 13.2 Å². The van der Waals surface area contributed by atoms with Gasteiger partial charge < -0.3 is 14.6 Å². The molecular formula is C30H44O3. The van der Waals surface area contributed by atoms with Gasteiger partial charge in [-0.25, -0.2) is 0 Å². The number of benzene rings is 2. The summed E-state index contributed by atoms with van der Waals surface area (Å²) in [6.07, 6.45) is 17.7. The summed E-state index contributed by atoms with van der Waals surface area (Å²) in [5, 5.41) is 10.2. The van der Waals surface area contributed by atoms with Crippen LogP contribution in [0.3, 0.4) is 0 Å². The predicted molar refractivity (Wildman–Crippen MR) is 141 cm³/mol. The number of aliphatic hydroxyl groups excluding tert-OH is 1. The van der Waals surface area contributed by atoms with Crippen molar-refractivity contribution in [3.05, 3.63) is 59.2 Å². The first-order valence-corrected chi connectivity index (χ1v) is 12.9. The normalized spacial score (nSPS) is 12.2. The van der Waals surface area contributed by atoms with Crippen LogP contribution in [0.25, 0.3) is 12.2 Å². The lowest BCUT2D eigenvalue weighted by Gasteiger charge is -2.12. The second-order valence-electron chi connectivity index (χ2n) is 9.12. The molecule has 1 N–H and O–H groups in total. The molecule has 182 valence electrons. The molecule has 0 heterocycles. The van der Waals surface area contributed by atoms with Crippen LogP contribution in [0, 0.1) is 6.92 Å². The average Bonchev–Trinajstić information content (AvgIpc) is 2.83. The van der Waals surface area contributed by atoms with E-state index < -0.39 is 6.10 Å². The van der Waals surface area contributed by atoms with Crippen molar-refractivity contribution >= 4 is 12.2 Å². The van der Waals surface area contributed by atoms with E-state index in [1.165, 1.54) is 63.4 Å². The number of hydrogen-bond acceptors (Lipinski definition) is 3. The summed E-state index contributed by atoms with van der Waals surface area (Å²) in [7, 11) is 1.69. The van der Waals surface area contributed by atoms with E-state index in [0.717, 1.165) is 35.5 Å². The number of ether oxygens (including phenoxy) is 2. The van der Waals surface area contributed by atoms with E-state index in [0.29, 0.717) is 6.61 Å². The third-order valence-corrected chi connectivity index (χ3v) is 5.99. The molecule has 33 heavy (non-hydrogen) atoms. The molecule has 3 nitrogen and oxygen atoms in total. The summed E-state index contributed by atoms with van der Waals surface area (Å²) in [5.74, 6) is 1.67. The highest BCUT2D eigenvalue weighted by atomic mass is 16.5. The fourth-order valence-electron chi connectivity index (χ4n) is 4.00. The van der Waals surface area contributed by atoms with Crippen LogP contribution >= 0.6 is 0 Å². The van der Waals surface area contributed by atoms with Crippen LogP contribution in [0.2, 0.25) is 0 Å². The van der Waals surface area contributed by atoms with Crippen LogP contribution in [0.4, 0.5) is 0 Å². The summed E-state index contributed by atoms with van der Waals surface area (Å²) in [6.45, 7) is 4.69. The summed E-state index contributed by atoms with van der Waals surface area (Å²) in [4.78, 5) is 0. The van der Waals surface area contributed by atoms with Gasteiger partial charge in [0, 0.05) is 0 Å². The van der Waals surface area contributed by atoms with E-state index in [1.807, 2.05) is 36.4 Å². The maximum atomic E-state index is 10.2. The maximum Gasteiger partial charge on any atom is 0.119 e. The summed E-state index contributed by atoms with van der Waals surface area (Å²) >= 11 is 0. The molecule has 0 aliphatic rings. The molecule has 1 atom stereocenters. The molecule has 0 fully saturated rings. The molecule has 0 saturated heterocycles. The number of aliphatic hydroxyl groups is 1. The largest absolute Gasteiger partial charge is 0.497 e. The smallest absolute Gasteiger partial charge is 0.119 e. The van der Waals surface area contributed by atoms with Gasteiger partial charge in [0.1, 0.15) is 18.1 Å². The number of rotatable bonds is 17. The highest BCUT2D eigenvalue weighted by molar-refractivity contribution is 5.70. The minimum Gasteiger partial charge on any atom is -0.497 e. The average molecular weight is 453 g/mol. The SMILES string of the molecule is CCCCCCCCCCCCC(O)COc1ccc(/C=C/c2cc(C)cc(OC)c2)cc1. The molecular weight excluding hydrogens is 408 g/mol. The fraction of sp³-hybridized carbons (Fsp3) is 0.533. The molecule has 3 heteroatoms. The summed E-state index contributed by atoms with van der Waals surface area (Å²) < 4.78 is 11.1. The third kappa shape index (κ3) is 12.0. The summed E-state index contributed by atoms with van der Waals surface area (Å²) in [6, 6.07) is 14.2. The van der Waals surface area contributed by atoms with E-state index in [4.69, 9.17) is 9.47 Å². The van der Waals surface area contributed by atoms with Gasteiger partial charge in [-0.15, -0.1) is 0 Å². The molecule has 0 aliphatic heterocycles. The zero-order chi connectivity index (χ0) is 23.7. The van der Waals surface area contributed by atoms with Crippen LogP contribution in [0.5, 0.6) is 11.5 Å². The van der Waals surface area contributed by atoms with E-state index in [-0.39, 0.29) is 0 Å². The lowest BCUT2D eigenvalue weighted by molar-refractivity contribution is 0.0975. The number of methoxy groups -OCH3 is 1. The number of unbranched alkanes of at least 4 members (excludes halogenated alkanes) is 9. The highest BCUT2D eigenvalue weighted by Crippen LogP contribution is 2.20.